The van der Waals surface area contributed by atoms with Crippen molar-refractivity contribution in [2.75, 3.05) is 25.1 Å². The highest BCUT2D eigenvalue weighted by Crippen LogP contribution is 2.21. The van der Waals surface area contributed by atoms with E-state index in [4.69, 9.17) is 4.74 Å². The smallest absolute Gasteiger partial charge is 0.319 e. The molecule has 1 saturated heterocycles. The van der Waals surface area contributed by atoms with Gasteiger partial charge in [0.05, 0.1) is 11.3 Å². The van der Waals surface area contributed by atoms with Gasteiger partial charge in [-0.25, -0.2) is 18.0 Å². The molecule has 0 saturated carbocycles. The number of hydrogen-bond donors (Lipinski definition) is 3. The van der Waals surface area contributed by atoms with Crippen LogP contribution in [0.3, 0.4) is 0 Å². The summed E-state index contributed by atoms with van der Waals surface area (Å²) in [4.78, 5) is 11.6. The van der Waals surface area contributed by atoms with Gasteiger partial charge in [-0.3, -0.25) is 0 Å². The van der Waals surface area contributed by atoms with Crippen molar-refractivity contribution in [3.05, 3.63) is 29.6 Å². The number of amides is 2. The molecule has 0 aliphatic carbocycles. The van der Waals surface area contributed by atoms with Crippen molar-refractivity contribution in [1.29, 1.82) is 0 Å². The van der Waals surface area contributed by atoms with Gasteiger partial charge in [0.15, 0.2) is 17.5 Å². The van der Waals surface area contributed by atoms with Gasteiger partial charge in [-0.2, -0.15) is 0 Å². The van der Waals surface area contributed by atoms with E-state index in [1.807, 2.05) is 0 Å². The van der Waals surface area contributed by atoms with E-state index >= 15 is 0 Å². The molecule has 116 valence electrons. The van der Waals surface area contributed by atoms with Crippen molar-refractivity contribution in [2.45, 2.75) is 18.4 Å². The van der Waals surface area contributed by atoms with Crippen LogP contribution in [0.4, 0.5) is 23.7 Å². The van der Waals surface area contributed by atoms with Crippen LogP contribution in [-0.4, -0.2) is 36.5 Å². The molecule has 0 atom stereocenters. The van der Waals surface area contributed by atoms with Crippen molar-refractivity contribution in [2.24, 2.45) is 0 Å². The number of nitrogens with one attached hydrogen (secondary N) is 2. The molecule has 5 nitrogen and oxygen atoms in total. The van der Waals surface area contributed by atoms with Gasteiger partial charge in [0.25, 0.3) is 0 Å². The Balaban J connectivity index is 1.91. The highest BCUT2D eigenvalue weighted by Gasteiger charge is 2.30. The maximum atomic E-state index is 13.4. The van der Waals surface area contributed by atoms with Gasteiger partial charge in [-0.1, -0.05) is 0 Å². The zero-order valence-corrected chi connectivity index (χ0v) is 11.1. The summed E-state index contributed by atoms with van der Waals surface area (Å²) in [7, 11) is 0. The lowest BCUT2D eigenvalue weighted by atomic mass is 9.94. The Kier molecular flexibility index (Phi) is 4.69. The Morgan fingerprint density at radius 1 is 1.24 bits per heavy atom. The van der Waals surface area contributed by atoms with Crippen LogP contribution in [-0.2, 0) is 4.74 Å². The van der Waals surface area contributed by atoms with Crippen LogP contribution in [0.2, 0.25) is 0 Å². The molecule has 1 fully saturated rings. The van der Waals surface area contributed by atoms with Crippen molar-refractivity contribution in [1.82, 2.24) is 5.32 Å². The van der Waals surface area contributed by atoms with Crippen molar-refractivity contribution in [3.63, 3.8) is 0 Å². The molecule has 3 N–H and O–H groups in total. The molecular weight excluding hydrogens is 289 g/mol. The van der Waals surface area contributed by atoms with Gasteiger partial charge in [0, 0.05) is 32.6 Å². The van der Waals surface area contributed by atoms with Gasteiger partial charge >= 0.3 is 6.03 Å². The number of carbonyl (C=O) groups is 1. The SMILES string of the molecule is O=C(NCC1(O)CCOCC1)Nc1ccc(F)c(F)c1F. The first-order valence-electron chi connectivity index (χ1n) is 6.40. The number of benzene rings is 1. The van der Waals surface area contributed by atoms with E-state index in [9.17, 15) is 23.1 Å². The first kappa shape index (κ1) is 15.6. The quantitative estimate of drug-likeness (QED) is 0.745. The number of rotatable bonds is 3. The molecule has 0 unspecified atom stereocenters. The molecule has 8 heteroatoms. The van der Waals surface area contributed by atoms with Crippen molar-refractivity contribution < 1.29 is 27.8 Å². The predicted molar refractivity (Wildman–Crippen MR) is 68.3 cm³/mol. The zero-order valence-electron chi connectivity index (χ0n) is 11.1. The maximum Gasteiger partial charge on any atom is 0.319 e. The molecule has 0 spiro atoms. The molecule has 1 heterocycles. The van der Waals surface area contributed by atoms with Crippen LogP contribution in [0.15, 0.2) is 12.1 Å². The first-order valence-corrected chi connectivity index (χ1v) is 6.40. The normalized spacial score (nSPS) is 17.3. The fraction of sp³-hybridized carbons (Fsp3) is 0.462. The van der Waals surface area contributed by atoms with E-state index in [-0.39, 0.29) is 6.54 Å². The minimum absolute atomic E-state index is 0.0481. The summed E-state index contributed by atoms with van der Waals surface area (Å²) in [5.74, 6) is -4.47. The standard InChI is InChI=1S/C13H15F3N2O3/c14-8-1-2-9(11(16)10(8)15)18-12(19)17-7-13(20)3-5-21-6-4-13/h1-2,20H,3-7H2,(H2,17,18,19). The molecular formula is C13H15F3N2O3. The molecule has 0 radical (unpaired) electrons. The first-order chi connectivity index (χ1) is 9.91. The lowest BCUT2D eigenvalue weighted by Gasteiger charge is -2.32. The summed E-state index contributed by atoms with van der Waals surface area (Å²) in [5.41, 5.74) is -1.56. The minimum atomic E-state index is -1.66. The van der Waals surface area contributed by atoms with Crippen LogP contribution in [0.1, 0.15) is 12.8 Å². The molecule has 1 aromatic carbocycles. The second-order valence-electron chi connectivity index (χ2n) is 4.87. The van der Waals surface area contributed by atoms with Crippen LogP contribution in [0.5, 0.6) is 0 Å². The van der Waals surface area contributed by atoms with Gasteiger partial charge in [0.2, 0.25) is 0 Å². The van der Waals surface area contributed by atoms with Crippen LogP contribution >= 0.6 is 0 Å². The van der Waals surface area contributed by atoms with Gasteiger partial charge in [0.1, 0.15) is 0 Å². The number of hydrogen-bond acceptors (Lipinski definition) is 3. The van der Waals surface area contributed by atoms with Gasteiger partial charge < -0.3 is 20.5 Å². The van der Waals surface area contributed by atoms with Gasteiger partial charge in [-0.15, -0.1) is 0 Å². The molecule has 2 rings (SSSR count). The predicted octanol–water partition coefficient (Wildman–Crippen LogP) is 1.77. The zero-order chi connectivity index (χ0) is 15.5. The fourth-order valence-corrected chi connectivity index (χ4v) is 1.96. The summed E-state index contributed by atoms with van der Waals surface area (Å²) in [6.07, 6.45) is 0.736. The van der Waals surface area contributed by atoms with E-state index in [1.165, 1.54) is 0 Å². The molecule has 21 heavy (non-hydrogen) atoms. The van der Waals surface area contributed by atoms with Crippen LogP contribution < -0.4 is 10.6 Å². The molecule has 0 aromatic heterocycles. The third kappa shape index (κ3) is 3.85. The average Bonchev–Trinajstić information content (AvgIpc) is 2.47. The lowest BCUT2D eigenvalue weighted by Crippen LogP contribution is -2.47. The van der Waals surface area contributed by atoms with Crippen molar-refractivity contribution in [3.8, 4) is 0 Å². The Morgan fingerprint density at radius 2 is 1.90 bits per heavy atom. The topological polar surface area (TPSA) is 70.6 Å². The van der Waals surface area contributed by atoms with E-state index in [2.05, 4.69) is 10.6 Å². The number of urea groups is 1. The fourth-order valence-electron chi connectivity index (χ4n) is 1.96. The van der Waals surface area contributed by atoms with Gasteiger partial charge in [-0.05, 0) is 12.1 Å². The third-order valence-electron chi connectivity index (χ3n) is 3.28. The summed E-state index contributed by atoms with van der Waals surface area (Å²) in [6.45, 7) is 0.725. The second-order valence-corrected chi connectivity index (χ2v) is 4.87. The average molecular weight is 304 g/mol. The lowest BCUT2D eigenvalue weighted by molar-refractivity contribution is -0.0598. The number of carbonyl (C=O) groups excluding carboxylic acids is 1. The van der Waals surface area contributed by atoms with Crippen LogP contribution in [0, 0.1) is 17.5 Å². The summed E-state index contributed by atoms with van der Waals surface area (Å²) in [5, 5.41) is 14.5. The second kappa shape index (κ2) is 6.31. The van der Waals surface area contributed by atoms with E-state index < -0.39 is 34.8 Å². The Morgan fingerprint density at radius 3 is 2.57 bits per heavy atom. The van der Waals surface area contributed by atoms with E-state index in [0.717, 1.165) is 6.07 Å². The Labute approximate surface area is 119 Å². The summed E-state index contributed by atoms with van der Waals surface area (Å²) < 4.78 is 44.2. The maximum absolute atomic E-state index is 13.4. The monoisotopic (exact) mass is 304 g/mol. The number of halogens is 3. The molecule has 1 aliphatic heterocycles. The van der Waals surface area contributed by atoms with Crippen LogP contribution in [0.25, 0.3) is 0 Å². The minimum Gasteiger partial charge on any atom is -0.388 e. The van der Waals surface area contributed by atoms with Crippen molar-refractivity contribution >= 4 is 11.7 Å². The largest absolute Gasteiger partial charge is 0.388 e. The summed E-state index contributed by atoms with van der Waals surface area (Å²) >= 11 is 0. The Bertz CT molecular complexity index is 534. The highest BCUT2D eigenvalue weighted by molar-refractivity contribution is 5.89. The van der Waals surface area contributed by atoms with E-state index in [1.54, 1.807) is 0 Å². The molecule has 1 aliphatic rings. The van der Waals surface area contributed by atoms with E-state index in [0.29, 0.717) is 32.1 Å². The third-order valence-corrected chi connectivity index (χ3v) is 3.28. The number of ether oxygens (including phenoxy) is 1. The highest BCUT2D eigenvalue weighted by atomic mass is 19.2. The number of anilines is 1. The molecule has 0 bridgehead atoms. The molecule has 1 aromatic rings. The number of aliphatic hydroxyl groups is 1. The Hall–Kier alpha value is -1.80. The summed E-state index contributed by atoms with van der Waals surface area (Å²) in [6, 6.07) is 0.802. The molecule has 2 amide bonds.